The Balaban J connectivity index is 4.62. The van der Waals surface area contributed by atoms with E-state index in [1.54, 1.807) is 0 Å². The topological polar surface area (TPSA) is 136 Å². The highest BCUT2D eigenvalue weighted by atomic mass is 16.7. The fraction of sp³-hybridized carbons (Fsp3) is 0.836. The van der Waals surface area contributed by atoms with Crippen LogP contribution in [0.5, 0.6) is 0 Å². The van der Waals surface area contributed by atoms with Crippen molar-refractivity contribution < 1.29 is 48.2 Å². The van der Waals surface area contributed by atoms with Gasteiger partial charge in [0, 0.05) is 52.4 Å². The van der Waals surface area contributed by atoms with Gasteiger partial charge in [-0.2, -0.15) is 0 Å². The number of carbonyl (C=O) groups is 2. The molecule has 0 radical (unpaired) electrons. The van der Waals surface area contributed by atoms with E-state index in [0.717, 1.165) is 200 Å². The number of allylic oxidation sites excluding steroid dienone is 8. The van der Waals surface area contributed by atoms with Crippen molar-refractivity contribution in [3.63, 3.8) is 0 Å². The van der Waals surface area contributed by atoms with Crippen LogP contribution in [0.15, 0.2) is 48.6 Å². The van der Waals surface area contributed by atoms with E-state index in [-0.39, 0.29) is 37.7 Å². The van der Waals surface area contributed by atoms with Gasteiger partial charge in [-0.3, -0.25) is 14.5 Å². The molecule has 12 heteroatoms. The van der Waals surface area contributed by atoms with Gasteiger partial charge < -0.3 is 43.5 Å². The van der Waals surface area contributed by atoms with E-state index in [0.29, 0.717) is 78.4 Å². The van der Waals surface area contributed by atoms with Crippen LogP contribution < -0.4 is 0 Å². The minimum absolute atomic E-state index is 0.0993. The van der Waals surface area contributed by atoms with Crippen molar-refractivity contribution in [2.75, 3.05) is 92.1 Å². The molecule has 428 valence electrons. The molecule has 0 saturated carbocycles. The zero-order valence-electron chi connectivity index (χ0n) is 47.6. The van der Waals surface area contributed by atoms with Gasteiger partial charge in [-0.25, -0.2) is 0 Å². The molecule has 0 atom stereocenters. The van der Waals surface area contributed by atoms with Crippen LogP contribution in [0, 0.1) is 0 Å². The van der Waals surface area contributed by atoms with Gasteiger partial charge in [-0.1, -0.05) is 115 Å². The summed E-state index contributed by atoms with van der Waals surface area (Å²) in [6.45, 7) is 17.4. The molecule has 0 aromatic carbocycles. The Kier molecular flexibility index (Phi) is 56.9. The highest BCUT2D eigenvalue weighted by molar-refractivity contribution is 5.69. The molecule has 0 heterocycles. The van der Waals surface area contributed by atoms with E-state index in [1.807, 2.05) is 0 Å². The highest BCUT2D eigenvalue weighted by Gasteiger charge is 2.15. The predicted octanol–water partition coefficient (Wildman–Crippen LogP) is 13.8. The van der Waals surface area contributed by atoms with E-state index >= 15 is 0 Å². The number of aliphatic hydroxyl groups is 2. The maximum Gasteiger partial charge on any atom is 0.305 e. The Morgan fingerprint density at radius 1 is 0.356 bits per heavy atom. The lowest BCUT2D eigenvalue weighted by atomic mass is 10.1. The van der Waals surface area contributed by atoms with Crippen molar-refractivity contribution in [2.45, 2.75) is 239 Å². The average Bonchev–Trinajstić information content (AvgIpc) is 3.39. The number of unbranched alkanes of at least 4 members (excludes halogenated alkanes) is 16. The summed E-state index contributed by atoms with van der Waals surface area (Å²) in [6.07, 6.45) is 47.0. The first-order valence-electron chi connectivity index (χ1n) is 30.0. The normalized spacial score (nSPS) is 12.3. The second-order valence-electron chi connectivity index (χ2n) is 19.4. The van der Waals surface area contributed by atoms with Crippen molar-refractivity contribution in [2.24, 2.45) is 0 Å². The first-order chi connectivity index (χ1) is 35.9. The van der Waals surface area contributed by atoms with Crippen LogP contribution in [0.3, 0.4) is 0 Å². The third kappa shape index (κ3) is 52.8. The van der Waals surface area contributed by atoms with Gasteiger partial charge in [0.2, 0.25) is 0 Å². The molecular weight excluding hydrogens is 921 g/mol. The Morgan fingerprint density at radius 2 is 0.644 bits per heavy atom. The van der Waals surface area contributed by atoms with Gasteiger partial charge >= 0.3 is 11.9 Å². The first-order valence-corrected chi connectivity index (χ1v) is 30.0. The van der Waals surface area contributed by atoms with E-state index < -0.39 is 0 Å². The SMILES string of the molecule is CC/C=C\CCCCOC(CCC(=O)OCCCCCCCN(CCCCCCCOC(=O)CCC(OCCCC/C=C\CC)OCCCC/C=C\CC)CCCN(CCO)CCO)OCCCC/C=C\CC. The van der Waals surface area contributed by atoms with Crippen LogP contribution in [0.25, 0.3) is 0 Å². The summed E-state index contributed by atoms with van der Waals surface area (Å²) < 4.78 is 35.5. The summed E-state index contributed by atoms with van der Waals surface area (Å²) in [5.41, 5.74) is 0. The summed E-state index contributed by atoms with van der Waals surface area (Å²) in [5, 5.41) is 19.0. The maximum absolute atomic E-state index is 12.7. The number of aliphatic hydroxyl groups excluding tert-OH is 2. The van der Waals surface area contributed by atoms with Crippen molar-refractivity contribution in [3.05, 3.63) is 48.6 Å². The zero-order chi connectivity index (χ0) is 53.2. The standard InChI is InChI=1S/C61H114N2O10/c1-5-9-13-17-25-35-54-70-60(71-55-36-26-18-14-10-6-2)42-40-58(66)68-52-33-29-21-23-31-44-62(46-39-47-63(48-50-64)49-51-65)45-32-24-22-30-34-53-69-59(67)41-43-61(72-56-37-27-19-15-11-7-3)73-57-38-28-20-16-12-8-4/h9-16,60-61,64-65H,5-8,17-57H2,1-4H3/b13-9-,14-10-,15-11-,16-12-. The van der Waals surface area contributed by atoms with Crippen LogP contribution in [-0.2, 0) is 38.0 Å². The summed E-state index contributed by atoms with van der Waals surface area (Å²) in [5.74, 6) is -0.355. The quantitative estimate of drug-likeness (QED) is 0.0260. The molecule has 0 aromatic heterocycles. The van der Waals surface area contributed by atoms with Crippen LogP contribution in [0.4, 0.5) is 0 Å². The van der Waals surface area contributed by atoms with Crippen LogP contribution >= 0.6 is 0 Å². The van der Waals surface area contributed by atoms with Gasteiger partial charge in [0.15, 0.2) is 12.6 Å². The second-order valence-corrected chi connectivity index (χ2v) is 19.4. The molecule has 12 nitrogen and oxygen atoms in total. The van der Waals surface area contributed by atoms with Crippen molar-refractivity contribution in [3.8, 4) is 0 Å². The van der Waals surface area contributed by atoms with Gasteiger partial charge in [-0.05, 0) is 161 Å². The minimum atomic E-state index is -0.374. The van der Waals surface area contributed by atoms with Crippen LogP contribution in [0.2, 0.25) is 0 Å². The smallest absolute Gasteiger partial charge is 0.305 e. The molecule has 0 bridgehead atoms. The van der Waals surface area contributed by atoms with Gasteiger partial charge in [-0.15, -0.1) is 0 Å². The molecule has 0 aliphatic carbocycles. The van der Waals surface area contributed by atoms with Crippen molar-refractivity contribution >= 4 is 11.9 Å². The molecule has 0 saturated heterocycles. The molecule has 0 aliphatic heterocycles. The van der Waals surface area contributed by atoms with E-state index in [1.165, 1.54) is 0 Å². The molecule has 73 heavy (non-hydrogen) atoms. The number of carbonyl (C=O) groups excluding carboxylic acids is 2. The summed E-state index contributed by atoms with van der Waals surface area (Å²) >= 11 is 0. The third-order valence-corrected chi connectivity index (χ3v) is 12.6. The molecule has 0 aromatic rings. The fourth-order valence-electron chi connectivity index (χ4n) is 8.28. The molecule has 0 rings (SSSR count). The number of hydrogen-bond donors (Lipinski definition) is 2. The van der Waals surface area contributed by atoms with E-state index in [9.17, 15) is 19.8 Å². The number of ether oxygens (including phenoxy) is 6. The lowest BCUT2D eigenvalue weighted by Crippen LogP contribution is -2.34. The number of nitrogens with zero attached hydrogens (tertiary/aromatic N) is 2. The van der Waals surface area contributed by atoms with Crippen molar-refractivity contribution in [1.29, 1.82) is 0 Å². The largest absolute Gasteiger partial charge is 0.466 e. The molecule has 0 amide bonds. The maximum atomic E-state index is 12.7. The highest BCUT2D eigenvalue weighted by Crippen LogP contribution is 2.14. The van der Waals surface area contributed by atoms with Gasteiger partial charge in [0.1, 0.15) is 0 Å². The summed E-state index contributed by atoms with van der Waals surface area (Å²) in [4.78, 5) is 30.0. The Labute approximate surface area is 448 Å². The molecular formula is C61H114N2O10. The molecule has 2 N–H and O–H groups in total. The predicted molar refractivity (Wildman–Crippen MR) is 303 cm³/mol. The molecule has 0 aliphatic rings. The zero-order valence-corrected chi connectivity index (χ0v) is 47.6. The van der Waals surface area contributed by atoms with Crippen molar-refractivity contribution in [1.82, 2.24) is 9.80 Å². The Bertz CT molecular complexity index is 1140. The van der Waals surface area contributed by atoms with E-state index in [4.69, 9.17) is 28.4 Å². The lowest BCUT2D eigenvalue weighted by molar-refractivity contribution is -0.159. The number of esters is 2. The molecule has 0 fully saturated rings. The Morgan fingerprint density at radius 3 is 0.973 bits per heavy atom. The lowest BCUT2D eigenvalue weighted by Gasteiger charge is -2.25. The monoisotopic (exact) mass is 1030 g/mol. The Hall–Kier alpha value is -2.42. The van der Waals surface area contributed by atoms with Gasteiger partial charge in [0.05, 0.1) is 39.3 Å². The summed E-state index contributed by atoms with van der Waals surface area (Å²) in [6, 6.07) is 0. The third-order valence-electron chi connectivity index (χ3n) is 12.6. The first kappa shape index (κ1) is 70.6. The second kappa shape index (κ2) is 58.8. The fourth-order valence-corrected chi connectivity index (χ4v) is 8.28. The number of rotatable bonds is 58. The minimum Gasteiger partial charge on any atom is -0.466 e. The number of hydrogen-bond acceptors (Lipinski definition) is 12. The molecule has 0 unspecified atom stereocenters. The average molecular weight is 1040 g/mol. The van der Waals surface area contributed by atoms with E-state index in [2.05, 4.69) is 86.1 Å². The van der Waals surface area contributed by atoms with Gasteiger partial charge in [0.25, 0.3) is 0 Å². The van der Waals surface area contributed by atoms with Crippen LogP contribution in [0.1, 0.15) is 227 Å². The van der Waals surface area contributed by atoms with Crippen LogP contribution in [-0.4, -0.2) is 137 Å². The molecule has 0 spiro atoms. The summed E-state index contributed by atoms with van der Waals surface area (Å²) in [7, 11) is 0.